The van der Waals surface area contributed by atoms with Gasteiger partial charge in [-0.2, -0.15) is 0 Å². The summed E-state index contributed by atoms with van der Waals surface area (Å²) >= 11 is 0. The zero-order valence-corrected chi connectivity index (χ0v) is 19.1. The van der Waals surface area contributed by atoms with Crippen LogP contribution in [0.3, 0.4) is 0 Å². The maximum absolute atomic E-state index is 13.5. The molecule has 3 aliphatic heterocycles. The molecule has 3 heterocycles. The second-order valence-corrected chi connectivity index (χ2v) is 9.92. The third kappa shape index (κ3) is 3.86. The number of carbonyl (C=O) groups excluding carboxylic acids is 1. The van der Waals surface area contributed by atoms with E-state index in [9.17, 15) is 4.79 Å². The van der Waals surface area contributed by atoms with Gasteiger partial charge in [0.2, 0.25) is 0 Å². The van der Waals surface area contributed by atoms with E-state index < -0.39 is 42.3 Å². The fourth-order valence-corrected chi connectivity index (χ4v) is 6.12. The van der Waals surface area contributed by atoms with Crippen molar-refractivity contribution < 1.29 is 33.2 Å². The van der Waals surface area contributed by atoms with Gasteiger partial charge < -0.3 is 33.7 Å². The average Bonchev–Trinajstić information content (AvgIpc) is 3.37. The lowest BCUT2D eigenvalue weighted by atomic mass is 9.94. The molecule has 6 rings (SSSR count). The van der Waals surface area contributed by atoms with Gasteiger partial charge in [-0.15, -0.1) is 0 Å². The van der Waals surface area contributed by atoms with Crippen LogP contribution in [0.1, 0.15) is 64.2 Å². The van der Waals surface area contributed by atoms with Crippen molar-refractivity contribution in [3.63, 3.8) is 0 Å². The molecule has 0 radical (unpaired) electrons. The van der Waals surface area contributed by atoms with Crippen molar-refractivity contribution in [1.29, 1.82) is 0 Å². The molecule has 2 spiro atoms. The highest BCUT2D eigenvalue weighted by atomic mass is 16.9. The summed E-state index contributed by atoms with van der Waals surface area (Å²) in [5.41, 5.74) is 0.589. The van der Waals surface area contributed by atoms with Crippen molar-refractivity contribution >= 4 is 11.6 Å². The molecule has 8 heteroatoms. The monoisotopic (exact) mass is 459 g/mol. The van der Waals surface area contributed by atoms with Gasteiger partial charge >= 0.3 is 0 Å². The van der Waals surface area contributed by atoms with Crippen LogP contribution in [0.4, 0.5) is 5.69 Å². The fourth-order valence-electron chi connectivity index (χ4n) is 6.12. The number of methoxy groups -OCH3 is 1. The summed E-state index contributed by atoms with van der Waals surface area (Å²) in [5, 5.41) is 2.97. The van der Waals surface area contributed by atoms with Gasteiger partial charge in [-0.25, -0.2) is 0 Å². The number of ether oxygens (including phenoxy) is 6. The van der Waals surface area contributed by atoms with Gasteiger partial charge in [-0.1, -0.05) is 25.0 Å². The summed E-state index contributed by atoms with van der Waals surface area (Å²) < 4.78 is 37.7. The number of fused-ring (bicyclic) bond motifs is 3. The van der Waals surface area contributed by atoms with Crippen molar-refractivity contribution in [2.24, 2.45) is 0 Å². The molecule has 1 N–H and O–H groups in total. The van der Waals surface area contributed by atoms with Crippen molar-refractivity contribution in [3.05, 3.63) is 24.3 Å². The first-order valence-electron chi connectivity index (χ1n) is 12.4. The topological polar surface area (TPSA) is 84.5 Å². The Balaban J connectivity index is 1.28. The molecule has 1 amide bonds. The lowest BCUT2D eigenvalue weighted by Gasteiger charge is -2.36. The molecule has 5 fully saturated rings. The number of anilines is 1. The van der Waals surface area contributed by atoms with E-state index in [0.29, 0.717) is 11.4 Å². The smallest absolute Gasteiger partial charge is 0.256 e. The molecule has 0 bridgehead atoms. The molecule has 1 aromatic carbocycles. The number of amides is 1. The number of rotatable bonds is 3. The van der Waals surface area contributed by atoms with E-state index >= 15 is 0 Å². The first-order valence-corrected chi connectivity index (χ1v) is 12.4. The zero-order chi connectivity index (χ0) is 22.5. The van der Waals surface area contributed by atoms with Crippen LogP contribution in [-0.2, 0) is 28.5 Å². The minimum absolute atomic E-state index is 0.294. The Labute approximate surface area is 194 Å². The third-order valence-corrected chi connectivity index (χ3v) is 7.73. The second kappa shape index (κ2) is 8.50. The second-order valence-electron chi connectivity index (χ2n) is 9.92. The van der Waals surface area contributed by atoms with E-state index in [4.69, 9.17) is 28.4 Å². The standard InChI is InChI=1S/C25H33NO7/c1-28-17-11-5-4-10-16(17)26-22(27)20-18-19(31-24(30-18)12-6-2-7-13-24)21-23(29-20)33-25(32-21)14-8-3-9-15-25/h4-5,10-11,18-21,23H,2-3,6-9,12-15H2,1H3,(H,26,27)/t18-,19+,20-,21-,23+/m1/s1. The SMILES string of the molecule is COc1ccccc1NC(=O)[C@@H]1O[C@H]2OC3(CCCCC3)O[C@@H]2[C@H]2OC3(CCCCC3)O[C@H]21. The van der Waals surface area contributed by atoms with E-state index in [1.54, 1.807) is 13.2 Å². The molecule has 1 aromatic rings. The molecule has 0 aromatic heterocycles. The number of hydrogen-bond donors (Lipinski definition) is 1. The van der Waals surface area contributed by atoms with Gasteiger partial charge in [0.1, 0.15) is 24.1 Å². The Bertz CT molecular complexity index is 879. The highest BCUT2D eigenvalue weighted by Crippen LogP contribution is 2.51. The van der Waals surface area contributed by atoms with Crippen LogP contribution in [0.15, 0.2) is 24.3 Å². The number of nitrogens with one attached hydrogen (secondary N) is 1. The van der Waals surface area contributed by atoms with Gasteiger partial charge in [0, 0.05) is 25.7 Å². The molecule has 5 atom stereocenters. The molecular weight excluding hydrogens is 426 g/mol. The Morgan fingerprint density at radius 2 is 1.45 bits per heavy atom. The van der Waals surface area contributed by atoms with Crippen LogP contribution >= 0.6 is 0 Å². The minimum Gasteiger partial charge on any atom is -0.495 e. The van der Waals surface area contributed by atoms with Gasteiger partial charge in [0.15, 0.2) is 24.0 Å². The van der Waals surface area contributed by atoms with E-state index in [1.807, 2.05) is 18.2 Å². The first-order chi connectivity index (χ1) is 16.1. The van der Waals surface area contributed by atoms with Gasteiger partial charge in [-0.05, 0) is 37.8 Å². The Kier molecular flexibility index (Phi) is 5.62. The molecule has 5 aliphatic rings. The van der Waals surface area contributed by atoms with Crippen molar-refractivity contribution in [2.75, 3.05) is 12.4 Å². The normalized spacial score (nSPS) is 36.3. The van der Waals surface area contributed by atoms with Gasteiger partial charge in [-0.3, -0.25) is 4.79 Å². The van der Waals surface area contributed by atoms with Crippen LogP contribution in [0.5, 0.6) is 5.75 Å². The van der Waals surface area contributed by atoms with E-state index in [2.05, 4.69) is 5.32 Å². The Hall–Kier alpha value is -1.71. The van der Waals surface area contributed by atoms with E-state index in [-0.39, 0.29) is 5.91 Å². The van der Waals surface area contributed by atoms with Crippen LogP contribution in [0.2, 0.25) is 0 Å². The molecule has 33 heavy (non-hydrogen) atoms. The maximum Gasteiger partial charge on any atom is 0.256 e. The summed E-state index contributed by atoms with van der Waals surface area (Å²) in [7, 11) is 1.58. The largest absolute Gasteiger partial charge is 0.495 e. The lowest BCUT2D eigenvalue weighted by Crippen LogP contribution is -2.58. The van der Waals surface area contributed by atoms with Gasteiger partial charge in [0.25, 0.3) is 5.91 Å². The number of hydrogen-bond acceptors (Lipinski definition) is 7. The molecule has 180 valence electrons. The van der Waals surface area contributed by atoms with Crippen LogP contribution < -0.4 is 10.1 Å². The molecule has 0 unspecified atom stereocenters. The number of benzene rings is 1. The molecule has 8 nitrogen and oxygen atoms in total. The third-order valence-electron chi connectivity index (χ3n) is 7.73. The summed E-state index contributed by atoms with van der Waals surface area (Å²) in [6.07, 6.45) is 7.02. The number of carbonyl (C=O) groups is 1. The fraction of sp³-hybridized carbons (Fsp3) is 0.720. The maximum atomic E-state index is 13.5. The predicted molar refractivity (Wildman–Crippen MR) is 118 cm³/mol. The summed E-state index contributed by atoms with van der Waals surface area (Å²) in [6.45, 7) is 0. The van der Waals surface area contributed by atoms with Gasteiger partial charge in [0.05, 0.1) is 12.8 Å². The quantitative estimate of drug-likeness (QED) is 0.734. The summed E-state index contributed by atoms with van der Waals surface area (Å²) in [6, 6.07) is 7.33. The first kappa shape index (κ1) is 21.8. The molecule has 2 saturated carbocycles. The Morgan fingerprint density at radius 3 is 2.15 bits per heavy atom. The number of para-hydroxylation sites is 2. The zero-order valence-electron chi connectivity index (χ0n) is 19.1. The van der Waals surface area contributed by atoms with E-state index in [1.165, 1.54) is 12.8 Å². The highest BCUT2D eigenvalue weighted by molar-refractivity contribution is 5.96. The van der Waals surface area contributed by atoms with Crippen molar-refractivity contribution in [1.82, 2.24) is 0 Å². The molecular formula is C25H33NO7. The van der Waals surface area contributed by atoms with Crippen molar-refractivity contribution in [2.45, 2.75) is 106 Å². The minimum atomic E-state index is -0.871. The van der Waals surface area contributed by atoms with Crippen LogP contribution in [0, 0.1) is 0 Å². The van der Waals surface area contributed by atoms with Crippen LogP contribution in [0.25, 0.3) is 0 Å². The summed E-state index contributed by atoms with van der Waals surface area (Å²) in [4.78, 5) is 13.5. The molecule has 2 aliphatic carbocycles. The van der Waals surface area contributed by atoms with Crippen molar-refractivity contribution in [3.8, 4) is 5.75 Å². The summed E-state index contributed by atoms with van der Waals surface area (Å²) in [5.74, 6) is -1.01. The molecule has 3 saturated heterocycles. The highest BCUT2D eigenvalue weighted by Gasteiger charge is 2.65. The van der Waals surface area contributed by atoms with E-state index in [0.717, 1.165) is 51.4 Å². The predicted octanol–water partition coefficient (Wildman–Crippen LogP) is 3.88. The lowest BCUT2D eigenvalue weighted by molar-refractivity contribution is -0.246. The Morgan fingerprint density at radius 1 is 0.848 bits per heavy atom. The van der Waals surface area contributed by atoms with Crippen LogP contribution in [-0.4, -0.2) is 55.3 Å². The average molecular weight is 460 g/mol.